The molecule has 0 atom stereocenters. The van der Waals surface area contributed by atoms with Crippen LogP contribution in [0.4, 0.5) is 27.6 Å². The van der Waals surface area contributed by atoms with Gasteiger partial charge >= 0.3 is 12.1 Å². The molecular weight excluding hydrogens is 373 g/mol. The molecule has 0 aliphatic heterocycles. The van der Waals surface area contributed by atoms with Crippen molar-refractivity contribution >= 4 is 23.6 Å². The van der Waals surface area contributed by atoms with Crippen molar-refractivity contribution in [3.05, 3.63) is 71.3 Å². The van der Waals surface area contributed by atoms with Crippen molar-refractivity contribution in [2.45, 2.75) is 6.18 Å². The molecule has 0 saturated heterocycles. The van der Waals surface area contributed by atoms with Crippen LogP contribution in [0, 0.1) is 11.6 Å². The van der Waals surface area contributed by atoms with Gasteiger partial charge in [-0.15, -0.1) is 0 Å². The molecule has 0 spiro atoms. The fourth-order valence-corrected chi connectivity index (χ4v) is 1.95. The van der Waals surface area contributed by atoms with E-state index in [-0.39, 0.29) is 5.56 Å². The van der Waals surface area contributed by atoms with Crippen LogP contribution in [0.2, 0.25) is 0 Å². The monoisotopic (exact) mass is 385 g/mol. The molecule has 0 radical (unpaired) electrons. The zero-order valence-corrected chi connectivity index (χ0v) is 13.5. The number of ether oxygens (including phenoxy) is 1. The number of esters is 1. The Balaban J connectivity index is 1.89. The second kappa shape index (κ2) is 8.43. The lowest BCUT2D eigenvalue weighted by Gasteiger charge is -2.07. The second-order valence-electron chi connectivity index (χ2n) is 5.24. The van der Waals surface area contributed by atoms with Crippen molar-refractivity contribution in [2.75, 3.05) is 11.9 Å². The number of alkyl halides is 3. The van der Waals surface area contributed by atoms with Gasteiger partial charge in [-0.1, -0.05) is 12.1 Å². The van der Waals surface area contributed by atoms with Gasteiger partial charge in [0.1, 0.15) is 11.6 Å². The molecule has 0 fully saturated rings. The normalized spacial score (nSPS) is 11.4. The number of nitrogens with one attached hydrogen (secondary N) is 1. The number of rotatable bonds is 5. The average molecular weight is 385 g/mol. The molecule has 0 heterocycles. The molecule has 9 heteroatoms. The van der Waals surface area contributed by atoms with Gasteiger partial charge in [0.25, 0.3) is 5.91 Å². The number of hydrogen-bond donors (Lipinski definition) is 1. The van der Waals surface area contributed by atoms with Crippen LogP contribution in [0.15, 0.2) is 48.5 Å². The molecular formula is C18H12F5NO3. The predicted molar refractivity (Wildman–Crippen MR) is 86.4 cm³/mol. The minimum atomic E-state index is -4.52. The van der Waals surface area contributed by atoms with Crippen molar-refractivity contribution < 1.29 is 36.3 Å². The summed E-state index contributed by atoms with van der Waals surface area (Å²) in [5.74, 6) is -3.56. The summed E-state index contributed by atoms with van der Waals surface area (Å²) in [6.45, 7) is -0.790. The Morgan fingerprint density at radius 3 is 2.52 bits per heavy atom. The highest BCUT2D eigenvalue weighted by Crippen LogP contribution is 2.29. The Hall–Kier alpha value is -3.23. The Morgan fingerprint density at radius 1 is 1.07 bits per heavy atom. The number of amides is 1. The Labute approximate surface area is 150 Å². The lowest BCUT2D eigenvalue weighted by Crippen LogP contribution is -2.20. The van der Waals surface area contributed by atoms with Gasteiger partial charge in [-0.25, -0.2) is 13.6 Å². The van der Waals surface area contributed by atoms with E-state index in [0.717, 1.165) is 42.5 Å². The molecule has 0 aromatic heterocycles. The van der Waals surface area contributed by atoms with E-state index in [4.69, 9.17) is 0 Å². The van der Waals surface area contributed by atoms with Crippen LogP contribution >= 0.6 is 0 Å². The van der Waals surface area contributed by atoms with Gasteiger partial charge in [-0.3, -0.25) is 4.79 Å². The predicted octanol–water partition coefficient (Wildman–Crippen LogP) is 4.18. The third-order valence-corrected chi connectivity index (χ3v) is 3.17. The van der Waals surface area contributed by atoms with Crippen molar-refractivity contribution in [3.8, 4) is 0 Å². The smallest absolute Gasteiger partial charge is 0.416 e. The summed E-state index contributed by atoms with van der Waals surface area (Å²) < 4.78 is 68.7. The molecule has 2 aromatic carbocycles. The molecule has 0 saturated carbocycles. The maximum atomic E-state index is 13.4. The van der Waals surface area contributed by atoms with Gasteiger partial charge in [0.05, 0.1) is 11.3 Å². The average Bonchev–Trinajstić information content (AvgIpc) is 2.61. The SMILES string of the molecule is O=C(COC(=O)/C=C/c1cccc(C(F)(F)F)c1)Nc1cc(F)ccc1F. The molecule has 0 unspecified atom stereocenters. The van der Waals surface area contributed by atoms with Crippen LogP contribution < -0.4 is 5.32 Å². The zero-order chi connectivity index (χ0) is 20.0. The summed E-state index contributed by atoms with van der Waals surface area (Å²) in [6.07, 6.45) is -2.60. The first-order chi connectivity index (χ1) is 12.6. The van der Waals surface area contributed by atoms with Crippen LogP contribution in [-0.4, -0.2) is 18.5 Å². The van der Waals surface area contributed by atoms with E-state index in [0.29, 0.717) is 0 Å². The number of hydrogen-bond acceptors (Lipinski definition) is 3. The van der Waals surface area contributed by atoms with Gasteiger partial charge in [0.2, 0.25) is 0 Å². The summed E-state index contributed by atoms with van der Waals surface area (Å²) >= 11 is 0. The largest absolute Gasteiger partial charge is 0.452 e. The highest BCUT2D eigenvalue weighted by Gasteiger charge is 2.30. The highest BCUT2D eigenvalue weighted by atomic mass is 19.4. The summed E-state index contributed by atoms with van der Waals surface area (Å²) in [5, 5.41) is 2.02. The van der Waals surface area contributed by atoms with Crippen LogP contribution in [0.25, 0.3) is 6.08 Å². The van der Waals surface area contributed by atoms with Gasteiger partial charge in [0.15, 0.2) is 6.61 Å². The highest BCUT2D eigenvalue weighted by molar-refractivity contribution is 5.94. The lowest BCUT2D eigenvalue weighted by atomic mass is 10.1. The van der Waals surface area contributed by atoms with Gasteiger partial charge in [0, 0.05) is 12.1 Å². The number of carbonyl (C=O) groups is 2. The molecule has 1 N–H and O–H groups in total. The van der Waals surface area contributed by atoms with E-state index in [1.165, 1.54) is 12.1 Å². The number of anilines is 1. The van der Waals surface area contributed by atoms with Gasteiger partial charge < -0.3 is 10.1 Å². The van der Waals surface area contributed by atoms with E-state index in [2.05, 4.69) is 4.74 Å². The van der Waals surface area contributed by atoms with Crippen molar-refractivity contribution in [1.29, 1.82) is 0 Å². The molecule has 2 aromatic rings. The second-order valence-corrected chi connectivity index (χ2v) is 5.24. The number of benzene rings is 2. The quantitative estimate of drug-likeness (QED) is 0.477. The van der Waals surface area contributed by atoms with Crippen LogP contribution in [0.1, 0.15) is 11.1 Å². The Bertz CT molecular complexity index is 878. The summed E-state index contributed by atoms with van der Waals surface area (Å²) in [5.41, 5.74) is -1.20. The van der Waals surface area contributed by atoms with Crippen LogP contribution in [-0.2, 0) is 20.5 Å². The molecule has 27 heavy (non-hydrogen) atoms. The molecule has 1 amide bonds. The van der Waals surface area contributed by atoms with Gasteiger partial charge in [-0.2, -0.15) is 13.2 Å². The summed E-state index contributed by atoms with van der Waals surface area (Å²) in [4.78, 5) is 23.1. The Morgan fingerprint density at radius 2 is 1.81 bits per heavy atom. The molecule has 4 nitrogen and oxygen atoms in total. The molecule has 0 bridgehead atoms. The van der Waals surface area contributed by atoms with E-state index in [1.807, 2.05) is 5.32 Å². The van der Waals surface area contributed by atoms with Crippen molar-refractivity contribution in [3.63, 3.8) is 0 Å². The fraction of sp³-hybridized carbons (Fsp3) is 0.111. The van der Waals surface area contributed by atoms with E-state index in [9.17, 15) is 31.5 Å². The summed E-state index contributed by atoms with van der Waals surface area (Å²) in [7, 11) is 0. The van der Waals surface area contributed by atoms with Gasteiger partial charge in [-0.05, 0) is 35.9 Å². The van der Waals surface area contributed by atoms with E-state index >= 15 is 0 Å². The zero-order valence-electron chi connectivity index (χ0n) is 13.5. The number of halogens is 5. The topological polar surface area (TPSA) is 55.4 Å². The standard InChI is InChI=1S/C18H12F5NO3/c19-13-5-6-14(20)15(9-13)24-16(25)10-27-17(26)7-4-11-2-1-3-12(8-11)18(21,22)23/h1-9H,10H2,(H,24,25)/b7-4+. The first kappa shape index (κ1) is 20.1. The lowest BCUT2D eigenvalue weighted by molar-refractivity contribution is -0.142. The minimum absolute atomic E-state index is 0.105. The summed E-state index contributed by atoms with van der Waals surface area (Å²) in [6, 6.07) is 6.67. The molecule has 0 aliphatic rings. The fourth-order valence-electron chi connectivity index (χ4n) is 1.95. The van der Waals surface area contributed by atoms with Crippen LogP contribution in [0.5, 0.6) is 0 Å². The third-order valence-electron chi connectivity index (χ3n) is 3.17. The Kier molecular flexibility index (Phi) is 6.27. The van der Waals surface area contributed by atoms with Crippen molar-refractivity contribution in [1.82, 2.24) is 0 Å². The maximum Gasteiger partial charge on any atom is 0.416 e. The molecule has 0 aliphatic carbocycles. The van der Waals surface area contributed by atoms with Crippen LogP contribution in [0.3, 0.4) is 0 Å². The third kappa shape index (κ3) is 6.21. The van der Waals surface area contributed by atoms with E-state index < -0.39 is 47.5 Å². The molecule has 142 valence electrons. The number of carbonyl (C=O) groups excluding carboxylic acids is 2. The van der Waals surface area contributed by atoms with E-state index in [1.54, 1.807) is 0 Å². The minimum Gasteiger partial charge on any atom is -0.452 e. The maximum absolute atomic E-state index is 13.4. The first-order valence-corrected chi connectivity index (χ1v) is 7.42. The van der Waals surface area contributed by atoms with Crippen molar-refractivity contribution in [2.24, 2.45) is 0 Å². The molecule has 2 rings (SSSR count). The first-order valence-electron chi connectivity index (χ1n) is 7.42.